The maximum absolute atomic E-state index is 12.4. The Balaban J connectivity index is 1.58. The Morgan fingerprint density at radius 2 is 2.12 bits per heavy atom. The van der Waals surface area contributed by atoms with E-state index < -0.39 is 0 Å². The van der Waals surface area contributed by atoms with E-state index in [1.165, 1.54) is 0 Å². The van der Waals surface area contributed by atoms with Crippen molar-refractivity contribution in [3.8, 4) is 0 Å². The summed E-state index contributed by atoms with van der Waals surface area (Å²) >= 11 is 0. The van der Waals surface area contributed by atoms with E-state index in [-0.39, 0.29) is 5.92 Å². The fourth-order valence-corrected chi connectivity index (χ4v) is 3.38. The SMILES string of the molecule is O=C([C@@H]1CCCNC1)N1CC[C@@H]2COC[C@H]2C1. The average molecular weight is 238 g/mol. The maximum atomic E-state index is 12.4. The molecule has 96 valence electrons. The highest BCUT2D eigenvalue weighted by Crippen LogP contribution is 2.30. The van der Waals surface area contributed by atoms with Crippen LogP contribution in [-0.4, -0.2) is 50.2 Å². The standard InChI is InChI=1S/C13H22N2O2/c16-13(10-2-1-4-14-6-10)15-5-3-11-8-17-9-12(11)7-15/h10-12,14H,1-9H2/t10-,11-,12-/m1/s1. The molecular weight excluding hydrogens is 216 g/mol. The van der Waals surface area contributed by atoms with Crippen molar-refractivity contribution in [1.82, 2.24) is 10.2 Å². The molecule has 3 aliphatic rings. The summed E-state index contributed by atoms with van der Waals surface area (Å²) in [5.41, 5.74) is 0. The molecule has 0 aliphatic carbocycles. The summed E-state index contributed by atoms with van der Waals surface area (Å²) in [5, 5.41) is 3.33. The molecule has 4 heteroatoms. The predicted molar refractivity (Wildman–Crippen MR) is 64.6 cm³/mol. The molecule has 0 saturated carbocycles. The summed E-state index contributed by atoms with van der Waals surface area (Å²) in [5.74, 6) is 1.91. The summed E-state index contributed by atoms with van der Waals surface area (Å²) in [4.78, 5) is 14.5. The van der Waals surface area contributed by atoms with Gasteiger partial charge in [-0.3, -0.25) is 4.79 Å². The van der Waals surface area contributed by atoms with Crippen LogP contribution in [0.3, 0.4) is 0 Å². The highest BCUT2D eigenvalue weighted by molar-refractivity contribution is 5.79. The second-order valence-corrected chi connectivity index (χ2v) is 5.67. The van der Waals surface area contributed by atoms with E-state index in [1.54, 1.807) is 0 Å². The molecular formula is C13H22N2O2. The van der Waals surface area contributed by atoms with Crippen LogP contribution in [0.15, 0.2) is 0 Å². The van der Waals surface area contributed by atoms with Gasteiger partial charge in [-0.05, 0) is 31.7 Å². The number of hydrogen-bond donors (Lipinski definition) is 1. The van der Waals surface area contributed by atoms with E-state index in [9.17, 15) is 4.79 Å². The third-order valence-corrected chi connectivity index (χ3v) is 4.51. The lowest BCUT2D eigenvalue weighted by Crippen LogP contribution is -2.48. The van der Waals surface area contributed by atoms with E-state index in [2.05, 4.69) is 10.2 Å². The van der Waals surface area contributed by atoms with E-state index in [1.807, 2.05) is 0 Å². The number of amides is 1. The Kier molecular flexibility index (Phi) is 3.34. The molecule has 3 saturated heterocycles. The lowest BCUT2D eigenvalue weighted by atomic mass is 9.87. The zero-order valence-corrected chi connectivity index (χ0v) is 10.4. The van der Waals surface area contributed by atoms with Gasteiger partial charge in [-0.15, -0.1) is 0 Å². The summed E-state index contributed by atoms with van der Waals surface area (Å²) in [6.45, 7) is 5.59. The van der Waals surface area contributed by atoms with Gasteiger partial charge in [-0.2, -0.15) is 0 Å². The number of rotatable bonds is 1. The first kappa shape index (κ1) is 11.5. The summed E-state index contributed by atoms with van der Waals surface area (Å²) in [7, 11) is 0. The molecule has 0 aromatic carbocycles. The minimum absolute atomic E-state index is 0.225. The van der Waals surface area contributed by atoms with E-state index in [4.69, 9.17) is 4.74 Å². The van der Waals surface area contributed by atoms with Gasteiger partial charge in [0, 0.05) is 32.2 Å². The number of piperidine rings is 2. The van der Waals surface area contributed by atoms with Crippen molar-refractivity contribution in [2.24, 2.45) is 17.8 Å². The minimum Gasteiger partial charge on any atom is -0.381 e. The van der Waals surface area contributed by atoms with Gasteiger partial charge in [-0.25, -0.2) is 0 Å². The Hall–Kier alpha value is -0.610. The molecule has 0 unspecified atom stereocenters. The van der Waals surface area contributed by atoms with Crippen LogP contribution in [0.1, 0.15) is 19.3 Å². The van der Waals surface area contributed by atoms with Crippen molar-refractivity contribution in [3.63, 3.8) is 0 Å². The van der Waals surface area contributed by atoms with Crippen molar-refractivity contribution in [2.75, 3.05) is 39.4 Å². The molecule has 0 radical (unpaired) electrons. The second kappa shape index (κ2) is 4.94. The molecule has 0 bridgehead atoms. The predicted octanol–water partition coefficient (Wildman–Crippen LogP) is 0.481. The molecule has 1 N–H and O–H groups in total. The van der Waals surface area contributed by atoms with Crippen LogP contribution in [0.2, 0.25) is 0 Å². The van der Waals surface area contributed by atoms with Crippen molar-refractivity contribution in [3.05, 3.63) is 0 Å². The molecule has 3 rings (SSSR count). The van der Waals surface area contributed by atoms with Crippen LogP contribution >= 0.6 is 0 Å². The molecule has 4 nitrogen and oxygen atoms in total. The first-order chi connectivity index (χ1) is 8.34. The van der Waals surface area contributed by atoms with E-state index in [0.717, 1.165) is 58.7 Å². The van der Waals surface area contributed by atoms with Crippen LogP contribution in [0.25, 0.3) is 0 Å². The number of likely N-dealkylation sites (tertiary alicyclic amines) is 1. The minimum atomic E-state index is 0.225. The zero-order valence-electron chi connectivity index (χ0n) is 10.4. The molecule has 0 aromatic rings. The molecule has 3 atom stereocenters. The van der Waals surface area contributed by atoms with E-state index in [0.29, 0.717) is 17.7 Å². The number of carbonyl (C=O) groups is 1. The van der Waals surface area contributed by atoms with Crippen molar-refractivity contribution >= 4 is 5.91 Å². The van der Waals surface area contributed by atoms with Gasteiger partial charge in [0.25, 0.3) is 0 Å². The van der Waals surface area contributed by atoms with Gasteiger partial charge in [0.2, 0.25) is 5.91 Å². The fourth-order valence-electron chi connectivity index (χ4n) is 3.38. The topological polar surface area (TPSA) is 41.6 Å². The van der Waals surface area contributed by atoms with Crippen LogP contribution < -0.4 is 5.32 Å². The summed E-state index contributed by atoms with van der Waals surface area (Å²) in [6.07, 6.45) is 3.34. The van der Waals surface area contributed by atoms with Gasteiger partial charge in [0.1, 0.15) is 0 Å². The smallest absolute Gasteiger partial charge is 0.226 e. The third kappa shape index (κ3) is 2.33. The summed E-state index contributed by atoms with van der Waals surface area (Å²) in [6, 6.07) is 0. The quantitative estimate of drug-likeness (QED) is 0.722. The molecule has 17 heavy (non-hydrogen) atoms. The van der Waals surface area contributed by atoms with Gasteiger partial charge in [-0.1, -0.05) is 0 Å². The lowest BCUT2D eigenvalue weighted by molar-refractivity contribution is -0.138. The van der Waals surface area contributed by atoms with Crippen LogP contribution in [0.4, 0.5) is 0 Å². The molecule has 3 aliphatic heterocycles. The lowest BCUT2D eigenvalue weighted by Gasteiger charge is -2.36. The van der Waals surface area contributed by atoms with Crippen molar-refractivity contribution in [1.29, 1.82) is 0 Å². The largest absolute Gasteiger partial charge is 0.381 e. The molecule has 0 spiro atoms. The Bertz CT molecular complexity index is 289. The van der Waals surface area contributed by atoms with Crippen molar-refractivity contribution in [2.45, 2.75) is 19.3 Å². The highest BCUT2D eigenvalue weighted by atomic mass is 16.5. The van der Waals surface area contributed by atoms with Gasteiger partial charge in [0.05, 0.1) is 12.5 Å². The number of nitrogens with one attached hydrogen (secondary N) is 1. The zero-order chi connectivity index (χ0) is 11.7. The Morgan fingerprint density at radius 3 is 2.94 bits per heavy atom. The van der Waals surface area contributed by atoms with Gasteiger partial charge in [0.15, 0.2) is 0 Å². The van der Waals surface area contributed by atoms with Gasteiger partial charge >= 0.3 is 0 Å². The van der Waals surface area contributed by atoms with Crippen LogP contribution in [0.5, 0.6) is 0 Å². The number of nitrogens with zero attached hydrogens (tertiary/aromatic N) is 1. The molecule has 3 heterocycles. The number of carbonyl (C=O) groups excluding carboxylic acids is 1. The maximum Gasteiger partial charge on any atom is 0.226 e. The second-order valence-electron chi connectivity index (χ2n) is 5.67. The fraction of sp³-hybridized carbons (Fsp3) is 0.923. The molecule has 0 aromatic heterocycles. The number of ether oxygens (including phenoxy) is 1. The summed E-state index contributed by atoms with van der Waals surface area (Å²) < 4.78 is 5.51. The number of fused-ring (bicyclic) bond motifs is 1. The van der Waals surface area contributed by atoms with Crippen LogP contribution in [0, 0.1) is 17.8 Å². The monoisotopic (exact) mass is 238 g/mol. The number of hydrogen-bond acceptors (Lipinski definition) is 3. The normalized spacial score (nSPS) is 37.9. The highest BCUT2D eigenvalue weighted by Gasteiger charge is 2.37. The Labute approximate surface area is 103 Å². The molecule has 1 amide bonds. The first-order valence-electron chi connectivity index (χ1n) is 6.92. The average Bonchev–Trinajstić information content (AvgIpc) is 2.86. The Morgan fingerprint density at radius 1 is 1.24 bits per heavy atom. The first-order valence-corrected chi connectivity index (χ1v) is 6.92. The van der Waals surface area contributed by atoms with E-state index >= 15 is 0 Å². The third-order valence-electron chi connectivity index (χ3n) is 4.51. The van der Waals surface area contributed by atoms with Crippen molar-refractivity contribution < 1.29 is 9.53 Å². The van der Waals surface area contributed by atoms with Gasteiger partial charge < -0.3 is 15.0 Å². The molecule has 3 fully saturated rings. The van der Waals surface area contributed by atoms with Crippen LogP contribution in [-0.2, 0) is 9.53 Å².